The first-order valence-corrected chi connectivity index (χ1v) is 7.68. The van der Waals surface area contributed by atoms with Gasteiger partial charge in [-0.2, -0.15) is 0 Å². The number of likely N-dealkylation sites (N-methyl/N-ethyl adjacent to an activating group) is 1. The molecule has 0 spiro atoms. The Morgan fingerprint density at radius 3 is 2.19 bits per heavy atom. The molecule has 0 amide bonds. The minimum atomic E-state index is 0.612. The Morgan fingerprint density at radius 2 is 1.57 bits per heavy atom. The van der Waals surface area contributed by atoms with Crippen LogP contribution in [0.25, 0.3) is 0 Å². The van der Waals surface area contributed by atoms with Crippen molar-refractivity contribution in [2.24, 2.45) is 0 Å². The number of hydrogen-bond acceptors (Lipinski definition) is 4. The third-order valence-corrected chi connectivity index (χ3v) is 3.85. The van der Waals surface area contributed by atoms with E-state index in [1.54, 1.807) is 7.11 Å². The summed E-state index contributed by atoms with van der Waals surface area (Å²) in [5.74, 6) is 1.72. The Hall–Kier alpha value is -1.52. The van der Waals surface area contributed by atoms with Crippen LogP contribution in [0.4, 0.5) is 0 Å². The molecule has 0 radical (unpaired) electrons. The van der Waals surface area contributed by atoms with Gasteiger partial charge >= 0.3 is 0 Å². The Labute approximate surface area is 127 Å². The summed E-state index contributed by atoms with van der Waals surface area (Å²) in [6, 6.07) is 7.67. The molecule has 1 aromatic carbocycles. The molecule has 0 aromatic heterocycles. The van der Waals surface area contributed by atoms with Crippen molar-refractivity contribution in [2.45, 2.75) is 6.92 Å². The van der Waals surface area contributed by atoms with Crippen molar-refractivity contribution in [1.82, 2.24) is 9.80 Å². The lowest BCUT2D eigenvalue weighted by Gasteiger charge is -2.33. The highest BCUT2D eigenvalue weighted by Crippen LogP contribution is 2.16. The molecule has 1 aliphatic rings. The van der Waals surface area contributed by atoms with E-state index in [4.69, 9.17) is 9.47 Å². The van der Waals surface area contributed by atoms with Crippen molar-refractivity contribution >= 4 is 0 Å². The van der Waals surface area contributed by atoms with E-state index in [2.05, 4.69) is 28.9 Å². The molecule has 1 heterocycles. The summed E-state index contributed by atoms with van der Waals surface area (Å²) in [7, 11) is 1.67. The van der Waals surface area contributed by atoms with Gasteiger partial charge in [-0.25, -0.2) is 0 Å². The fourth-order valence-corrected chi connectivity index (χ4v) is 2.40. The molecule has 2 rings (SSSR count). The summed E-state index contributed by atoms with van der Waals surface area (Å²) >= 11 is 0. The van der Waals surface area contributed by atoms with Crippen LogP contribution in [0, 0.1) is 0 Å². The Balaban J connectivity index is 1.62. The van der Waals surface area contributed by atoms with Crippen molar-refractivity contribution in [3.8, 4) is 11.5 Å². The topological polar surface area (TPSA) is 24.9 Å². The van der Waals surface area contributed by atoms with E-state index in [9.17, 15) is 0 Å². The normalized spacial score (nSPS) is 17.2. The van der Waals surface area contributed by atoms with Crippen LogP contribution in [0.2, 0.25) is 0 Å². The maximum atomic E-state index is 5.66. The van der Waals surface area contributed by atoms with Gasteiger partial charge in [-0.05, 0) is 30.8 Å². The van der Waals surface area contributed by atoms with Crippen LogP contribution < -0.4 is 9.47 Å². The van der Waals surface area contributed by atoms with Crippen LogP contribution in [0.15, 0.2) is 36.4 Å². The smallest absolute Gasteiger partial charge is 0.120 e. The molecular formula is C17H26N2O2. The van der Waals surface area contributed by atoms with E-state index in [0.717, 1.165) is 31.1 Å². The largest absolute Gasteiger partial charge is 0.497 e. The van der Waals surface area contributed by atoms with Gasteiger partial charge in [0, 0.05) is 32.7 Å². The fourth-order valence-electron chi connectivity index (χ4n) is 2.40. The molecule has 116 valence electrons. The molecule has 1 saturated heterocycles. The molecule has 21 heavy (non-hydrogen) atoms. The summed E-state index contributed by atoms with van der Waals surface area (Å²) in [6.45, 7) is 9.73. The average molecular weight is 290 g/mol. The van der Waals surface area contributed by atoms with Crippen molar-refractivity contribution in [3.05, 3.63) is 36.4 Å². The van der Waals surface area contributed by atoms with Crippen LogP contribution in [0.5, 0.6) is 11.5 Å². The summed E-state index contributed by atoms with van der Waals surface area (Å²) in [4.78, 5) is 4.98. The van der Waals surface area contributed by atoms with Crippen LogP contribution in [-0.4, -0.2) is 62.8 Å². The molecule has 1 aromatic rings. The number of piperazine rings is 1. The molecule has 4 heteroatoms. The first kappa shape index (κ1) is 15.9. The second-order valence-electron chi connectivity index (χ2n) is 5.19. The van der Waals surface area contributed by atoms with Crippen LogP contribution in [0.3, 0.4) is 0 Å². The first-order valence-electron chi connectivity index (χ1n) is 7.68. The maximum Gasteiger partial charge on any atom is 0.120 e. The van der Waals surface area contributed by atoms with Gasteiger partial charge in [0.25, 0.3) is 0 Å². The predicted octanol–water partition coefficient (Wildman–Crippen LogP) is 2.27. The molecule has 1 aliphatic heterocycles. The van der Waals surface area contributed by atoms with E-state index in [-0.39, 0.29) is 0 Å². The lowest BCUT2D eigenvalue weighted by molar-refractivity contribution is 0.148. The quantitative estimate of drug-likeness (QED) is 0.719. The number of nitrogens with zero attached hydrogens (tertiary/aromatic N) is 2. The predicted molar refractivity (Wildman–Crippen MR) is 86.2 cm³/mol. The SMILES string of the molecule is CCN1CCN(C/C=C/COc2ccc(OC)cc2)CC1. The summed E-state index contributed by atoms with van der Waals surface area (Å²) < 4.78 is 10.8. The molecule has 0 N–H and O–H groups in total. The molecule has 0 saturated carbocycles. The van der Waals surface area contributed by atoms with E-state index in [1.165, 1.54) is 19.6 Å². The van der Waals surface area contributed by atoms with Gasteiger partial charge in [0.1, 0.15) is 18.1 Å². The minimum Gasteiger partial charge on any atom is -0.497 e. The number of methoxy groups -OCH3 is 1. The van der Waals surface area contributed by atoms with Gasteiger partial charge < -0.3 is 14.4 Å². The van der Waals surface area contributed by atoms with Gasteiger partial charge in [0.2, 0.25) is 0 Å². The number of benzene rings is 1. The maximum absolute atomic E-state index is 5.66. The van der Waals surface area contributed by atoms with E-state index in [1.807, 2.05) is 24.3 Å². The zero-order chi connectivity index (χ0) is 14.9. The Bertz CT molecular complexity index is 423. The fraction of sp³-hybridized carbons (Fsp3) is 0.529. The number of hydrogen-bond donors (Lipinski definition) is 0. The molecule has 0 unspecified atom stereocenters. The van der Waals surface area contributed by atoms with Crippen molar-refractivity contribution in [3.63, 3.8) is 0 Å². The van der Waals surface area contributed by atoms with Crippen LogP contribution >= 0.6 is 0 Å². The third kappa shape index (κ3) is 5.40. The van der Waals surface area contributed by atoms with Gasteiger partial charge in [-0.15, -0.1) is 0 Å². The van der Waals surface area contributed by atoms with Gasteiger partial charge in [-0.3, -0.25) is 4.90 Å². The number of ether oxygens (including phenoxy) is 2. The highest BCUT2D eigenvalue weighted by molar-refractivity contribution is 5.31. The van der Waals surface area contributed by atoms with E-state index < -0.39 is 0 Å². The van der Waals surface area contributed by atoms with Crippen LogP contribution in [0.1, 0.15) is 6.92 Å². The summed E-state index contributed by atoms with van der Waals surface area (Å²) in [5, 5.41) is 0. The van der Waals surface area contributed by atoms with E-state index >= 15 is 0 Å². The Morgan fingerprint density at radius 1 is 0.952 bits per heavy atom. The monoisotopic (exact) mass is 290 g/mol. The lowest BCUT2D eigenvalue weighted by atomic mass is 10.3. The molecule has 4 nitrogen and oxygen atoms in total. The second kappa shape index (κ2) is 8.70. The van der Waals surface area contributed by atoms with Crippen molar-refractivity contribution in [2.75, 3.05) is 53.0 Å². The van der Waals surface area contributed by atoms with E-state index in [0.29, 0.717) is 6.61 Å². The zero-order valence-corrected chi connectivity index (χ0v) is 13.1. The Kier molecular flexibility index (Phi) is 6.57. The first-order chi connectivity index (χ1) is 10.3. The molecule has 0 aliphatic carbocycles. The lowest BCUT2D eigenvalue weighted by Crippen LogP contribution is -2.46. The molecule has 0 atom stereocenters. The van der Waals surface area contributed by atoms with Crippen molar-refractivity contribution < 1.29 is 9.47 Å². The third-order valence-electron chi connectivity index (χ3n) is 3.85. The van der Waals surface area contributed by atoms with Crippen LogP contribution in [-0.2, 0) is 0 Å². The molecule has 1 fully saturated rings. The van der Waals surface area contributed by atoms with Gasteiger partial charge in [-0.1, -0.05) is 19.1 Å². The highest BCUT2D eigenvalue weighted by Gasteiger charge is 2.13. The number of rotatable bonds is 7. The minimum absolute atomic E-state index is 0.612. The molecule has 0 bridgehead atoms. The van der Waals surface area contributed by atoms with Crippen molar-refractivity contribution in [1.29, 1.82) is 0 Å². The second-order valence-corrected chi connectivity index (χ2v) is 5.19. The summed E-state index contributed by atoms with van der Waals surface area (Å²) in [6.07, 6.45) is 4.29. The average Bonchev–Trinajstić information content (AvgIpc) is 2.55. The standard InChI is InChI=1S/C17H26N2O2/c1-3-18-11-13-19(14-12-18)10-4-5-15-21-17-8-6-16(20-2)7-9-17/h4-9H,3,10-15H2,1-2H3/b5-4+. The summed E-state index contributed by atoms with van der Waals surface area (Å²) in [5.41, 5.74) is 0. The molecular weight excluding hydrogens is 264 g/mol. The highest BCUT2D eigenvalue weighted by atomic mass is 16.5. The zero-order valence-electron chi connectivity index (χ0n) is 13.1. The van der Waals surface area contributed by atoms with Gasteiger partial charge in [0.15, 0.2) is 0 Å². The van der Waals surface area contributed by atoms with Gasteiger partial charge in [0.05, 0.1) is 7.11 Å².